The lowest BCUT2D eigenvalue weighted by atomic mass is 10.1. The molecular formula is C45H37Cl5N6O2. The second-order valence-corrected chi connectivity index (χ2v) is 16.4. The summed E-state index contributed by atoms with van der Waals surface area (Å²) in [6.45, 7) is 3.17. The number of hydrogen-bond donors (Lipinski definition) is 3. The first-order chi connectivity index (χ1) is 27.9. The summed E-state index contributed by atoms with van der Waals surface area (Å²) in [6.07, 6.45) is -1.95. The number of hydrogen-bond acceptors (Lipinski definition) is 4. The lowest BCUT2D eigenvalue weighted by molar-refractivity contribution is 0.155. The molecule has 0 spiro atoms. The molecule has 2 heterocycles. The number of aliphatic hydroxyl groups excluding tert-OH is 2. The van der Waals surface area contributed by atoms with Crippen molar-refractivity contribution in [3.05, 3.63) is 192 Å². The summed E-state index contributed by atoms with van der Waals surface area (Å²) in [5.74, 6) is 0. The summed E-state index contributed by atoms with van der Waals surface area (Å²) >= 11 is 31.6. The van der Waals surface area contributed by atoms with Gasteiger partial charge in [-0.1, -0.05) is 124 Å². The van der Waals surface area contributed by atoms with Crippen LogP contribution < -0.4 is 11.2 Å². The normalized spacial score (nSPS) is 13.1. The first kappa shape index (κ1) is 40.0. The van der Waals surface area contributed by atoms with E-state index in [0.29, 0.717) is 60.6 Å². The van der Waals surface area contributed by atoms with Crippen LogP contribution >= 0.6 is 58.0 Å². The van der Waals surface area contributed by atoms with Gasteiger partial charge in [0.1, 0.15) is 0 Å². The lowest BCUT2D eigenvalue weighted by Gasteiger charge is -2.15. The first-order valence-electron chi connectivity index (χ1n) is 18.5. The molecule has 0 saturated carbocycles. The Bertz CT molecular complexity index is 2930. The molecule has 0 fully saturated rings. The van der Waals surface area contributed by atoms with E-state index < -0.39 is 12.2 Å². The molecule has 58 heavy (non-hydrogen) atoms. The van der Waals surface area contributed by atoms with E-state index in [2.05, 4.69) is 28.8 Å². The average Bonchev–Trinajstić information content (AvgIpc) is 3.62. The predicted molar refractivity (Wildman–Crippen MR) is 235 cm³/mol. The number of rotatable bonds is 11. The SMILES string of the molecule is Cc1ccc(Cn2c(=N)n(CC(O)c3ccc(Cl)c(Cl)c3)c3ccc(/N=c4\n(Cc5ccc(Cl)cc5)c5ccccc5n4CC(O)c4ccc(Cl)cc4Cl)cc32)cc1. The van der Waals surface area contributed by atoms with Crippen molar-refractivity contribution in [1.29, 1.82) is 5.41 Å². The molecule has 0 aliphatic heterocycles. The Balaban J connectivity index is 1.31. The highest BCUT2D eigenvalue weighted by Crippen LogP contribution is 2.30. The van der Waals surface area contributed by atoms with Gasteiger partial charge in [-0.05, 0) is 90.3 Å². The summed E-state index contributed by atoms with van der Waals surface area (Å²) in [7, 11) is 0. The van der Waals surface area contributed by atoms with Crippen LogP contribution in [-0.4, -0.2) is 28.5 Å². The molecule has 8 nitrogen and oxygen atoms in total. The zero-order valence-corrected chi connectivity index (χ0v) is 34.9. The number of aromatic nitrogens is 4. The minimum absolute atomic E-state index is 0.102. The van der Waals surface area contributed by atoms with Crippen molar-refractivity contribution in [1.82, 2.24) is 18.3 Å². The van der Waals surface area contributed by atoms with E-state index in [4.69, 9.17) is 63.0 Å². The maximum atomic E-state index is 11.7. The molecule has 0 aliphatic carbocycles. The Kier molecular flexibility index (Phi) is 11.6. The molecule has 2 unspecified atom stereocenters. The number of nitrogens with zero attached hydrogens (tertiary/aromatic N) is 5. The van der Waals surface area contributed by atoms with Crippen LogP contribution in [0.15, 0.2) is 132 Å². The maximum Gasteiger partial charge on any atom is 0.211 e. The van der Waals surface area contributed by atoms with E-state index in [1.165, 1.54) is 0 Å². The Morgan fingerprint density at radius 3 is 1.86 bits per heavy atom. The van der Waals surface area contributed by atoms with E-state index in [1.807, 2.05) is 82.8 Å². The van der Waals surface area contributed by atoms with Crippen molar-refractivity contribution in [2.45, 2.75) is 45.3 Å². The summed E-state index contributed by atoms with van der Waals surface area (Å²) in [5, 5.41) is 34.8. The summed E-state index contributed by atoms with van der Waals surface area (Å²) in [5.41, 5.74) is 9.01. The average molecular weight is 871 g/mol. The van der Waals surface area contributed by atoms with Crippen LogP contribution in [0, 0.1) is 12.3 Å². The van der Waals surface area contributed by atoms with Gasteiger partial charge in [-0.25, -0.2) is 4.99 Å². The highest BCUT2D eigenvalue weighted by Gasteiger charge is 2.21. The van der Waals surface area contributed by atoms with Gasteiger partial charge in [0.15, 0.2) is 0 Å². The van der Waals surface area contributed by atoms with Crippen LogP contribution in [0.1, 0.15) is 40.0 Å². The molecule has 3 N–H and O–H groups in total. The van der Waals surface area contributed by atoms with Gasteiger partial charge in [0, 0.05) is 20.6 Å². The monoisotopic (exact) mass is 868 g/mol. The van der Waals surface area contributed by atoms with E-state index in [9.17, 15) is 15.6 Å². The molecule has 0 amide bonds. The Labute approximate surface area is 359 Å². The highest BCUT2D eigenvalue weighted by atomic mass is 35.5. The molecule has 2 atom stereocenters. The van der Waals surface area contributed by atoms with Crippen LogP contribution in [0.25, 0.3) is 22.1 Å². The Morgan fingerprint density at radius 2 is 1.17 bits per heavy atom. The lowest BCUT2D eigenvalue weighted by Crippen LogP contribution is -2.28. The molecule has 6 aromatic carbocycles. The van der Waals surface area contributed by atoms with E-state index >= 15 is 0 Å². The van der Waals surface area contributed by atoms with Crippen LogP contribution in [0.2, 0.25) is 25.1 Å². The van der Waals surface area contributed by atoms with Crippen molar-refractivity contribution >= 4 is 85.8 Å². The smallest absolute Gasteiger partial charge is 0.211 e. The summed E-state index contributed by atoms with van der Waals surface area (Å²) < 4.78 is 7.84. The summed E-state index contributed by atoms with van der Waals surface area (Å²) in [4.78, 5) is 5.32. The van der Waals surface area contributed by atoms with Gasteiger partial charge in [0.05, 0.1) is 76.2 Å². The molecule has 294 valence electrons. The first-order valence-corrected chi connectivity index (χ1v) is 20.4. The third-order valence-corrected chi connectivity index (χ3v) is 11.9. The van der Waals surface area contributed by atoms with Crippen molar-refractivity contribution in [3.63, 3.8) is 0 Å². The fourth-order valence-corrected chi connectivity index (χ4v) is 8.25. The predicted octanol–water partition coefficient (Wildman–Crippen LogP) is 11.1. The van der Waals surface area contributed by atoms with E-state index in [1.54, 1.807) is 41.0 Å². The second kappa shape index (κ2) is 16.8. The fraction of sp³-hybridized carbons (Fsp3) is 0.156. The summed E-state index contributed by atoms with van der Waals surface area (Å²) in [6, 6.07) is 39.8. The highest BCUT2D eigenvalue weighted by molar-refractivity contribution is 6.42. The van der Waals surface area contributed by atoms with Crippen LogP contribution in [0.4, 0.5) is 5.69 Å². The van der Waals surface area contributed by atoms with Gasteiger partial charge in [-0.2, -0.15) is 0 Å². The van der Waals surface area contributed by atoms with E-state index in [0.717, 1.165) is 38.8 Å². The molecule has 0 aliphatic rings. The Morgan fingerprint density at radius 1 is 0.552 bits per heavy atom. The number of para-hydroxylation sites is 2. The number of halogens is 5. The van der Waals surface area contributed by atoms with Crippen LogP contribution in [-0.2, 0) is 26.2 Å². The molecule has 2 aromatic heterocycles. The zero-order chi connectivity index (χ0) is 40.7. The standard InChI is InChI=1S/C45H37Cl5N6O2/c1-27-6-8-28(9-7-27)23-53-41-22-33(16-19-40(41)54(44(53)51)25-42(57)30-12-18-35(48)37(50)20-30)52-45-55(24-29-10-13-31(46)14-11-29)38-4-2-3-5-39(38)56(45)26-43(58)34-17-15-32(47)21-36(34)49/h2-22,42-43,51,57-58H,23-26H2,1H3/b51-44?,52-45+. The van der Waals surface area contributed by atoms with Gasteiger partial charge in [-0.3, -0.25) is 5.41 Å². The number of nitrogens with one attached hydrogen (secondary N) is 1. The van der Waals surface area contributed by atoms with E-state index in [-0.39, 0.29) is 18.7 Å². The largest absolute Gasteiger partial charge is 0.387 e. The van der Waals surface area contributed by atoms with Gasteiger partial charge in [0.25, 0.3) is 0 Å². The van der Waals surface area contributed by atoms with Crippen molar-refractivity contribution < 1.29 is 10.2 Å². The van der Waals surface area contributed by atoms with Crippen LogP contribution in [0.5, 0.6) is 0 Å². The molecule has 13 heteroatoms. The molecular weight excluding hydrogens is 834 g/mol. The Hall–Kier alpha value is -4.77. The quantitative estimate of drug-likeness (QED) is 0.121. The fourth-order valence-electron chi connectivity index (χ4n) is 7.29. The van der Waals surface area contributed by atoms with Gasteiger partial charge in [-0.15, -0.1) is 0 Å². The van der Waals surface area contributed by atoms with Gasteiger partial charge >= 0.3 is 0 Å². The maximum absolute atomic E-state index is 11.7. The number of aliphatic hydroxyl groups is 2. The minimum atomic E-state index is -0.987. The number of fused-ring (bicyclic) bond motifs is 2. The number of aryl methyl sites for hydroxylation is 1. The third kappa shape index (κ3) is 8.24. The zero-order valence-electron chi connectivity index (χ0n) is 31.1. The van der Waals surface area contributed by atoms with Crippen LogP contribution in [0.3, 0.4) is 0 Å². The molecule has 8 aromatic rings. The number of imidazole rings is 2. The van der Waals surface area contributed by atoms with Crippen molar-refractivity contribution in [2.24, 2.45) is 4.99 Å². The molecule has 0 radical (unpaired) electrons. The van der Waals surface area contributed by atoms with Crippen molar-refractivity contribution in [3.8, 4) is 0 Å². The molecule has 0 saturated heterocycles. The molecule has 0 bridgehead atoms. The third-order valence-electron chi connectivity index (χ3n) is 10.3. The minimum Gasteiger partial charge on any atom is -0.387 e. The number of benzene rings is 6. The van der Waals surface area contributed by atoms with Gasteiger partial charge < -0.3 is 28.5 Å². The van der Waals surface area contributed by atoms with Gasteiger partial charge in [0.2, 0.25) is 11.2 Å². The van der Waals surface area contributed by atoms with Crippen molar-refractivity contribution in [2.75, 3.05) is 0 Å². The topological polar surface area (TPSA) is 96.4 Å². The second-order valence-electron chi connectivity index (χ2n) is 14.3. The molecule has 8 rings (SSSR count).